The maximum absolute atomic E-state index is 13.9. The van der Waals surface area contributed by atoms with Crippen LogP contribution in [-0.4, -0.2) is 22.9 Å². The second-order valence-electron chi connectivity index (χ2n) is 5.19. The molecular weight excluding hydrogens is 344 g/mol. The Morgan fingerprint density at radius 3 is 2.96 bits per heavy atom. The van der Waals surface area contributed by atoms with Crippen LogP contribution >= 0.6 is 23.2 Å². The molecule has 0 spiro atoms. The molecule has 3 rings (SSSR count). The number of rotatable bonds is 3. The van der Waals surface area contributed by atoms with Gasteiger partial charge in [0.2, 0.25) is 5.88 Å². The molecule has 0 radical (unpaired) electrons. The first-order chi connectivity index (χ1) is 10.9. The lowest BCUT2D eigenvalue weighted by molar-refractivity contribution is 0.107. The lowest BCUT2D eigenvalue weighted by Gasteiger charge is -2.27. The van der Waals surface area contributed by atoms with Crippen molar-refractivity contribution in [1.29, 1.82) is 0 Å². The molecule has 1 unspecified atom stereocenters. The molecule has 120 valence electrons. The number of hydrogen-bond acceptors (Lipinski definition) is 5. The van der Waals surface area contributed by atoms with E-state index in [0.29, 0.717) is 35.8 Å². The van der Waals surface area contributed by atoms with E-state index in [1.165, 1.54) is 18.3 Å². The standard InChI is InChI=1S/C15H12Cl2FN3O2/c16-10-2-7(3-11(18)13(10)14(17)22)1-9-6-23-15-12(21-9)4-8(19)5-20-15/h2-5,9,21H,1,6,19H2. The largest absolute Gasteiger partial charge is 0.474 e. The number of halogens is 3. The van der Waals surface area contributed by atoms with Crippen molar-refractivity contribution in [3.8, 4) is 5.88 Å². The van der Waals surface area contributed by atoms with Gasteiger partial charge in [0.1, 0.15) is 12.4 Å². The molecule has 2 aromatic rings. The highest BCUT2D eigenvalue weighted by atomic mass is 35.5. The molecule has 0 amide bonds. The first kappa shape index (κ1) is 15.8. The molecule has 1 aliphatic rings. The summed E-state index contributed by atoms with van der Waals surface area (Å²) in [4.78, 5) is 15.2. The lowest BCUT2D eigenvalue weighted by atomic mass is 10.0. The molecule has 5 nitrogen and oxygen atoms in total. The van der Waals surface area contributed by atoms with Gasteiger partial charge in [0.05, 0.1) is 34.2 Å². The monoisotopic (exact) mass is 355 g/mol. The Hall–Kier alpha value is -2.05. The molecule has 0 saturated heterocycles. The molecular formula is C15H12Cl2FN3O2. The maximum atomic E-state index is 13.9. The normalized spacial score (nSPS) is 16.2. The zero-order valence-electron chi connectivity index (χ0n) is 11.8. The van der Waals surface area contributed by atoms with E-state index in [1.54, 1.807) is 6.07 Å². The number of nitrogen functional groups attached to an aromatic ring is 1. The lowest BCUT2D eigenvalue weighted by Crippen LogP contribution is -2.33. The Kier molecular flexibility index (Phi) is 4.28. The van der Waals surface area contributed by atoms with Gasteiger partial charge >= 0.3 is 0 Å². The average Bonchev–Trinajstić information content (AvgIpc) is 2.45. The van der Waals surface area contributed by atoms with Crippen LogP contribution in [0, 0.1) is 5.82 Å². The molecule has 0 bridgehead atoms. The Balaban J connectivity index is 1.80. The molecule has 2 heterocycles. The van der Waals surface area contributed by atoms with Crippen LogP contribution in [-0.2, 0) is 6.42 Å². The van der Waals surface area contributed by atoms with Gasteiger partial charge in [0, 0.05) is 0 Å². The van der Waals surface area contributed by atoms with Gasteiger partial charge in [-0.05, 0) is 41.8 Å². The van der Waals surface area contributed by atoms with Gasteiger partial charge in [-0.25, -0.2) is 9.37 Å². The van der Waals surface area contributed by atoms with Crippen molar-refractivity contribution in [3.05, 3.63) is 46.4 Å². The van der Waals surface area contributed by atoms with Gasteiger partial charge in [-0.1, -0.05) is 11.6 Å². The van der Waals surface area contributed by atoms with Crippen LogP contribution in [0.25, 0.3) is 0 Å². The number of ether oxygens (including phenoxy) is 1. The van der Waals surface area contributed by atoms with Crippen LogP contribution in [0.1, 0.15) is 15.9 Å². The number of nitrogens with zero attached hydrogens (tertiary/aromatic N) is 1. The third-order valence-corrected chi connectivity index (χ3v) is 3.92. The average molecular weight is 356 g/mol. The summed E-state index contributed by atoms with van der Waals surface area (Å²) >= 11 is 11.2. The van der Waals surface area contributed by atoms with Crippen molar-refractivity contribution < 1.29 is 13.9 Å². The van der Waals surface area contributed by atoms with Crippen LogP contribution in [0.15, 0.2) is 24.4 Å². The Bertz CT molecular complexity index is 762. The van der Waals surface area contributed by atoms with Gasteiger partial charge in [-0.15, -0.1) is 0 Å². The van der Waals surface area contributed by atoms with Crippen molar-refractivity contribution in [3.63, 3.8) is 0 Å². The number of carbonyl (C=O) groups excluding carboxylic acids is 1. The molecule has 1 aliphatic heterocycles. The second kappa shape index (κ2) is 6.22. The molecule has 23 heavy (non-hydrogen) atoms. The molecule has 0 saturated carbocycles. The molecule has 1 aromatic heterocycles. The van der Waals surface area contributed by atoms with Crippen LogP contribution in [0.5, 0.6) is 5.88 Å². The first-order valence-corrected chi connectivity index (χ1v) is 7.52. The van der Waals surface area contributed by atoms with Crippen molar-refractivity contribution in [2.75, 3.05) is 17.7 Å². The Labute approximate surface area is 141 Å². The fourth-order valence-corrected chi connectivity index (χ4v) is 3.01. The number of aromatic nitrogens is 1. The smallest absolute Gasteiger partial charge is 0.256 e. The zero-order valence-corrected chi connectivity index (χ0v) is 13.3. The number of pyridine rings is 1. The summed E-state index contributed by atoms with van der Waals surface area (Å²) < 4.78 is 19.5. The van der Waals surface area contributed by atoms with E-state index in [1.807, 2.05) is 0 Å². The highest BCUT2D eigenvalue weighted by Crippen LogP contribution is 2.30. The van der Waals surface area contributed by atoms with Gasteiger partial charge in [-0.3, -0.25) is 4.79 Å². The fourth-order valence-electron chi connectivity index (χ4n) is 2.45. The zero-order chi connectivity index (χ0) is 16.6. The SMILES string of the molecule is Nc1cnc2c(c1)NC(Cc1cc(F)c(C(=O)Cl)c(Cl)c1)CO2. The summed E-state index contributed by atoms with van der Waals surface area (Å²) in [7, 11) is 0. The Morgan fingerprint density at radius 2 is 2.26 bits per heavy atom. The fraction of sp³-hybridized carbons (Fsp3) is 0.200. The highest BCUT2D eigenvalue weighted by Gasteiger charge is 2.22. The van der Waals surface area contributed by atoms with Gasteiger partial charge in [0.25, 0.3) is 5.24 Å². The minimum atomic E-state index is -0.923. The number of carbonyl (C=O) groups is 1. The molecule has 0 fully saturated rings. The van der Waals surface area contributed by atoms with Gasteiger partial charge in [-0.2, -0.15) is 0 Å². The van der Waals surface area contributed by atoms with E-state index in [-0.39, 0.29) is 16.6 Å². The third kappa shape index (κ3) is 3.33. The first-order valence-electron chi connectivity index (χ1n) is 6.76. The van der Waals surface area contributed by atoms with Gasteiger partial charge in [0.15, 0.2) is 0 Å². The second-order valence-corrected chi connectivity index (χ2v) is 5.94. The van der Waals surface area contributed by atoms with Crippen molar-refractivity contribution >= 4 is 39.8 Å². The summed E-state index contributed by atoms with van der Waals surface area (Å²) in [5.74, 6) is -0.265. The van der Waals surface area contributed by atoms with E-state index in [0.717, 1.165) is 0 Å². The predicted molar refractivity (Wildman–Crippen MR) is 86.9 cm³/mol. The van der Waals surface area contributed by atoms with E-state index in [2.05, 4.69) is 10.3 Å². The highest BCUT2D eigenvalue weighted by molar-refractivity contribution is 6.68. The van der Waals surface area contributed by atoms with Crippen LogP contribution in [0.2, 0.25) is 5.02 Å². The van der Waals surface area contributed by atoms with E-state index in [4.69, 9.17) is 33.7 Å². The molecule has 1 aromatic carbocycles. The van der Waals surface area contributed by atoms with Crippen LogP contribution in [0.3, 0.4) is 0 Å². The molecule has 1 atom stereocenters. The van der Waals surface area contributed by atoms with Crippen molar-refractivity contribution in [2.24, 2.45) is 0 Å². The van der Waals surface area contributed by atoms with Crippen LogP contribution in [0.4, 0.5) is 15.8 Å². The maximum Gasteiger partial charge on any atom is 0.256 e. The van der Waals surface area contributed by atoms with E-state index < -0.39 is 11.1 Å². The molecule has 8 heteroatoms. The number of benzene rings is 1. The third-order valence-electron chi connectivity index (χ3n) is 3.43. The number of nitrogens with one attached hydrogen (secondary N) is 1. The summed E-state index contributed by atoms with van der Waals surface area (Å²) in [6.45, 7) is 0.360. The predicted octanol–water partition coefficient (Wildman–Crippen LogP) is 3.25. The summed E-state index contributed by atoms with van der Waals surface area (Å²) in [5.41, 5.74) is 7.20. The quantitative estimate of drug-likeness (QED) is 0.826. The number of hydrogen-bond donors (Lipinski definition) is 2. The summed E-state index contributed by atoms with van der Waals surface area (Å²) in [6.07, 6.45) is 1.96. The Morgan fingerprint density at radius 1 is 1.48 bits per heavy atom. The molecule has 0 aliphatic carbocycles. The number of nitrogens with two attached hydrogens (primary N) is 1. The summed E-state index contributed by atoms with van der Waals surface area (Å²) in [5, 5.41) is 2.30. The molecule has 3 N–H and O–H groups in total. The minimum absolute atomic E-state index is 0.0111. The van der Waals surface area contributed by atoms with Crippen LogP contribution < -0.4 is 15.8 Å². The van der Waals surface area contributed by atoms with E-state index >= 15 is 0 Å². The van der Waals surface area contributed by atoms with Crippen molar-refractivity contribution in [2.45, 2.75) is 12.5 Å². The van der Waals surface area contributed by atoms with Gasteiger partial charge < -0.3 is 15.8 Å². The number of fused-ring (bicyclic) bond motifs is 1. The topological polar surface area (TPSA) is 77.2 Å². The van der Waals surface area contributed by atoms with E-state index in [9.17, 15) is 9.18 Å². The van der Waals surface area contributed by atoms with Crippen molar-refractivity contribution in [1.82, 2.24) is 4.98 Å². The number of anilines is 2. The minimum Gasteiger partial charge on any atom is -0.474 e. The summed E-state index contributed by atoms with van der Waals surface area (Å²) in [6, 6.07) is 4.38.